The van der Waals surface area contributed by atoms with E-state index < -0.39 is 0 Å². The summed E-state index contributed by atoms with van der Waals surface area (Å²) in [5.41, 5.74) is 0.684. The summed E-state index contributed by atoms with van der Waals surface area (Å²) in [5, 5.41) is 21.9. The molecule has 11 unspecified atom stereocenters. The van der Waals surface area contributed by atoms with Gasteiger partial charge in [-0.05, 0) is 97.2 Å². The number of aliphatic hydroxyl groups is 2. The molecule has 0 amide bonds. The van der Waals surface area contributed by atoms with Crippen molar-refractivity contribution in [1.82, 2.24) is 0 Å². The number of fused-ring (bicyclic) bond motifs is 5. The molecule has 3 heteroatoms. The van der Waals surface area contributed by atoms with Crippen LogP contribution in [0.15, 0.2) is 0 Å². The first-order chi connectivity index (χ1) is 14.1. The Kier molecular flexibility index (Phi) is 6.78. The lowest BCUT2D eigenvalue weighted by Gasteiger charge is -2.63. The number of halogens is 1. The molecule has 0 aromatic carbocycles. The Morgan fingerprint density at radius 2 is 1.53 bits per heavy atom. The molecule has 11 atom stereocenters. The summed E-state index contributed by atoms with van der Waals surface area (Å²) in [4.78, 5) is 0.142. The molecule has 0 saturated heterocycles. The molecule has 0 spiro atoms. The van der Waals surface area contributed by atoms with E-state index in [9.17, 15) is 10.2 Å². The van der Waals surface area contributed by atoms with E-state index in [0.29, 0.717) is 29.1 Å². The molecule has 0 bridgehead atoms. The van der Waals surface area contributed by atoms with Crippen molar-refractivity contribution in [3.63, 3.8) is 0 Å². The van der Waals surface area contributed by atoms with Crippen LogP contribution in [0.25, 0.3) is 0 Å². The molecule has 2 nitrogen and oxygen atoms in total. The van der Waals surface area contributed by atoms with Crippen LogP contribution in [-0.2, 0) is 0 Å². The quantitative estimate of drug-likeness (QED) is 0.422. The van der Waals surface area contributed by atoms with Gasteiger partial charge in [0.1, 0.15) is 0 Å². The minimum absolute atomic E-state index is 0.142. The first-order valence-electron chi connectivity index (χ1n) is 13.1. The maximum Gasteiger partial charge on any atom is 0.0701 e. The van der Waals surface area contributed by atoms with Gasteiger partial charge in [0.25, 0.3) is 0 Å². The van der Waals surface area contributed by atoms with E-state index in [4.69, 9.17) is 0 Å². The summed E-state index contributed by atoms with van der Waals surface area (Å²) in [7, 11) is 0. The lowest BCUT2D eigenvalue weighted by molar-refractivity contribution is -0.169. The van der Waals surface area contributed by atoms with Gasteiger partial charge in [0.2, 0.25) is 0 Å². The summed E-state index contributed by atoms with van der Waals surface area (Å²) < 4.78 is 0. The van der Waals surface area contributed by atoms with E-state index >= 15 is 0 Å². The second-order valence-corrected chi connectivity index (χ2v) is 13.9. The van der Waals surface area contributed by atoms with Crippen LogP contribution in [0.1, 0.15) is 98.8 Å². The first-order valence-corrected chi connectivity index (χ1v) is 14.0. The third-order valence-corrected chi connectivity index (χ3v) is 12.1. The van der Waals surface area contributed by atoms with Gasteiger partial charge in [0, 0.05) is 4.83 Å². The predicted octanol–water partition coefficient (Wildman–Crippen LogP) is 6.81. The lowest BCUT2D eigenvalue weighted by Crippen LogP contribution is -2.62. The zero-order chi connectivity index (χ0) is 21.8. The van der Waals surface area contributed by atoms with Gasteiger partial charge in [-0.25, -0.2) is 0 Å². The van der Waals surface area contributed by atoms with E-state index in [2.05, 4.69) is 50.5 Å². The second kappa shape index (κ2) is 8.64. The third-order valence-electron chi connectivity index (χ3n) is 10.9. The molecule has 4 rings (SSSR count). The van der Waals surface area contributed by atoms with E-state index in [1.807, 2.05) is 0 Å². The maximum absolute atomic E-state index is 11.6. The van der Waals surface area contributed by atoms with Gasteiger partial charge in [0.15, 0.2) is 0 Å². The monoisotopic (exact) mass is 482 g/mol. The summed E-state index contributed by atoms with van der Waals surface area (Å²) >= 11 is 3.97. The highest BCUT2D eigenvalue weighted by Gasteiger charge is 2.64. The molecule has 30 heavy (non-hydrogen) atoms. The van der Waals surface area contributed by atoms with Crippen LogP contribution in [0.3, 0.4) is 0 Å². The van der Waals surface area contributed by atoms with E-state index in [0.717, 1.165) is 37.0 Å². The van der Waals surface area contributed by atoms with Crippen LogP contribution in [-0.4, -0.2) is 27.2 Å². The van der Waals surface area contributed by atoms with Crippen molar-refractivity contribution in [3.05, 3.63) is 0 Å². The van der Waals surface area contributed by atoms with Crippen LogP contribution in [0.5, 0.6) is 0 Å². The van der Waals surface area contributed by atoms with Gasteiger partial charge in [-0.3, -0.25) is 0 Å². The summed E-state index contributed by atoms with van der Waals surface area (Å²) in [5.74, 6) is 4.61. The van der Waals surface area contributed by atoms with E-state index in [-0.39, 0.29) is 22.5 Å². The normalized spacial score (nSPS) is 51.9. The zero-order valence-corrected chi connectivity index (χ0v) is 21.7. The zero-order valence-electron chi connectivity index (χ0n) is 20.1. The van der Waals surface area contributed by atoms with E-state index in [1.165, 1.54) is 44.9 Å². The van der Waals surface area contributed by atoms with Gasteiger partial charge in [-0.1, -0.05) is 69.8 Å². The molecule has 4 fully saturated rings. The molecule has 0 heterocycles. The average molecular weight is 484 g/mol. The van der Waals surface area contributed by atoms with Crippen molar-refractivity contribution in [2.45, 2.75) is 116 Å². The number of rotatable bonds is 5. The Balaban J connectivity index is 1.54. The SMILES string of the molecule is CC(C)CCCC(C)C1CCC2C3C(O)C(Br)C4CC(O)CCC4(C)C3CCC12C. The molecular weight excluding hydrogens is 436 g/mol. The summed E-state index contributed by atoms with van der Waals surface area (Å²) in [6.07, 6.45) is 11.9. The van der Waals surface area contributed by atoms with Crippen molar-refractivity contribution in [2.24, 2.45) is 52.3 Å². The first kappa shape index (κ1) is 23.6. The Labute approximate surface area is 194 Å². The van der Waals surface area contributed by atoms with Crippen molar-refractivity contribution < 1.29 is 10.2 Å². The van der Waals surface area contributed by atoms with Crippen molar-refractivity contribution in [1.29, 1.82) is 0 Å². The fourth-order valence-corrected chi connectivity index (χ4v) is 10.4. The van der Waals surface area contributed by atoms with Gasteiger partial charge >= 0.3 is 0 Å². The smallest absolute Gasteiger partial charge is 0.0701 e. The number of alkyl halides is 1. The third kappa shape index (κ3) is 3.75. The Morgan fingerprint density at radius 3 is 2.23 bits per heavy atom. The number of hydrogen-bond donors (Lipinski definition) is 2. The molecular formula is C27H47BrO2. The molecule has 0 aliphatic heterocycles. The molecule has 0 aromatic rings. The van der Waals surface area contributed by atoms with Crippen molar-refractivity contribution in [2.75, 3.05) is 0 Å². The Hall–Kier alpha value is 0.400. The van der Waals surface area contributed by atoms with Gasteiger partial charge in [0.05, 0.1) is 12.2 Å². The fourth-order valence-electron chi connectivity index (χ4n) is 9.21. The van der Waals surface area contributed by atoms with Gasteiger partial charge in [-0.2, -0.15) is 0 Å². The van der Waals surface area contributed by atoms with Crippen LogP contribution in [0.4, 0.5) is 0 Å². The van der Waals surface area contributed by atoms with Crippen molar-refractivity contribution in [3.8, 4) is 0 Å². The Bertz CT molecular complexity index is 608. The highest BCUT2D eigenvalue weighted by Crippen LogP contribution is 2.69. The van der Waals surface area contributed by atoms with Crippen LogP contribution in [0.2, 0.25) is 0 Å². The predicted molar refractivity (Wildman–Crippen MR) is 129 cm³/mol. The second-order valence-electron chi connectivity index (χ2n) is 12.8. The van der Waals surface area contributed by atoms with Crippen LogP contribution >= 0.6 is 15.9 Å². The summed E-state index contributed by atoms with van der Waals surface area (Å²) in [6, 6.07) is 0. The summed E-state index contributed by atoms with van der Waals surface area (Å²) in [6.45, 7) is 12.3. The molecule has 0 radical (unpaired) electrons. The minimum atomic E-state index is -0.252. The van der Waals surface area contributed by atoms with Crippen LogP contribution in [0, 0.1) is 52.3 Å². The largest absolute Gasteiger partial charge is 0.393 e. The molecule has 4 aliphatic rings. The minimum Gasteiger partial charge on any atom is -0.393 e. The standard InChI is InChI=1S/C27H47BrO2/c1-16(2)7-6-8-17(3)19-9-10-20-23-21(12-14-26(19,20)4)27(5)13-11-18(29)15-22(27)24(28)25(23)30/h16-25,29-30H,6-15H2,1-5H3. The highest BCUT2D eigenvalue weighted by atomic mass is 79.9. The molecule has 0 aromatic heterocycles. The van der Waals surface area contributed by atoms with Crippen LogP contribution < -0.4 is 0 Å². The number of aliphatic hydroxyl groups excluding tert-OH is 2. The lowest BCUT2D eigenvalue weighted by atomic mass is 9.43. The topological polar surface area (TPSA) is 40.5 Å². The fraction of sp³-hybridized carbons (Fsp3) is 1.00. The van der Waals surface area contributed by atoms with E-state index in [1.54, 1.807) is 0 Å². The number of hydrogen-bond acceptors (Lipinski definition) is 2. The maximum atomic E-state index is 11.6. The van der Waals surface area contributed by atoms with Gasteiger partial charge in [-0.15, -0.1) is 0 Å². The van der Waals surface area contributed by atoms with Crippen molar-refractivity contribution >= 4 is 15.9 Å². The Morgan fingerprint density at radius 1 is 0.867 bits per heavy atom. The van der Waals surface area contributed by atoms with Gasteiger partial charge < -0.3 is 10.2 Å². The highest BCUT2D eigenvalue weighted by molar-refractivity contribution is 9.09. The average Bonchev–Trinajstić information content (AvgIpc) is 3.04. The molecule has 4 aliphatic carbocycles. The molecule has 4 saturated carbocycles. The molecule has 174 valence electrons. The molecule has 2 N–H and O–H groups in total.